The Labute approximate surface area is 139 Å². The maximum absolute atomic E-state index is 14.5. The van der Waals surface area contributed by atoms with E-state index in [0.717, 1.165) is 26.2 Å². The first-order chi connectivity index (χ1) is 11.6. The molecule has 8 heteroatoms. The van der Waals surface area contributed by atoms with Crippen molar-refractivity contribution in [3.8, 4) is 0 Å². The fourth-order valence-corrected chi connectivity index (χ4v) is 3.85. The predicted molar refractivity (Wildman–Crippen MR) is 84.9 cm³/mol. The molecule has 2 aromatic heterocycles. The molecule has 2 saturated heterocycles. The highest BCUT2D eigenvalue weighted by atomic mass is 19.1. The summed E-state index contributed by atoms with van der Waals surface area (Å²) in [5.41, 5.74) is 0.491. The fraction of sp³-hybridized carbons (Fsp3) is 0.625. The average Bonchev–Trinajstić information content (AvgIpc) is 3.23. The summed E-state index contributed by atoms with van der Waals surface area (Å²) < 4.78 is 19.9. The molecule has 2 aromatic rings. The summed E-state index contributed by atoms with van der Waals surface area (Å²) in [7, 11) is 0. The molecule has 7 nitrogen and oxygen atoms in total. The highest BCUT2D eigenvalue weighted by Crippen LogP contribution is 2.34. The number of hydrogen-bond donors (Lipinski definition) is 0. The van der Waals surface area contributed by atoms with Gasteiger partial charge in [-0.1, -0.05) is 6.92 Å². The van der Waals surface area contributed by atoms with Crippen LogP contribution in [0.4, 0.5) is 10.2 Å². The molecule has 0 bridgehead atoms. The predicted octanol–water partition coefficient (Wildman–Crippen LogP) is 1.44. The van der Waals surface area contributed by atoms with Crippen molar-refractivity contribution < 1.29 is 8.81 Å². The Morgan fingerprint density at radius 1 is 1.17 bits per heavy atom. The Morgan fingerprint density at radius 2 is 1.92 bits per heavy atom. The van der Waals surface area contributed by atoms with E-state index in [4.69, 9.17) is 4.42 Å². The summed E-state index contributed by atoms with van der Waals surface area (Å²) in [6.45, 7) is 8.00. The Balaban J connectivity index is 1.41. The molecule has 2 fully saturated rings. The minimum Gasteiger partial charge on any atom is -0.424 e. The van der Waals surface area contributed by atoms with Gasteiger partial charge in [-0.15, -0.1) is 10.2 Å². The van der Waals surface area contributed by atoms with Gasteiger partial charge in [-0.05, 0) is 18.3 Å². The van der Waals surface area contributed by atoms with E-state index in [1.54, 1.807) is 6.92 Å². The van der Waals surface area contributed by atoms with Crippen molar-refractivity contribution in [3.63, 3.8) is 0 Å². The van der Waals surface area contributed by atoms with Gasteiger partial charge in [-0.25, -0.2) is 14.4 Å². The molecular formula is C16H21FN6O. The van der Waals surface area contributed by atoms with Crippen molar-refractivity contribution in [1.29, 1.82) is 0 Å². The summed E-state index contributed by atoms with van der Waals surface area (Å²) in [6, 6.07) is 0. The number of halogens is 1. The van der Waals surface area contributed by atoms with Crippen LogP contribution in [0.25, 0.3) is 0 Å². The quantitative estimate of drug-likeness (QED) is 0.839. The molecule has 0 spiro atoms. The lowest BCUT2D eigenvalue weighted by Crippen LogP contribution is -2.30. The minimum atomic E-state index is -0.266. The molecular weight excluding hydrogens is 311 g/mol. The monoisotopic (exact) mass is 332 g/mol. The number of fused-ring (bicyclic) bond motifs is 1. The van der Waals surface area contributed by atoms with Crippen LogP contribution >= 0.6 is 0 Å². The summed E-state index contributed by atoms with van der Waals surface area (Å²) in [6.07, 6.45) is 2.05. The van der Waals surface area contributed by atoms with Crippen molar-refractivity contribution in [1.82, 2.24) is 25.1 Å². The Hall–Kier alpha value is -2.09. The average molecular weight is 332 g/mol. The van der Waals surface area contributed by atoms with Gasteiger partial charge in [0.1, 0.15) is 6.33 Å². The van der Waals surface area contributed by atoms with E-state index >= 15 is 0 Å². The van der Waals surface area contributed by atoms with Gasteiger partial charge in [0, 0.05) is 33.1 Å². The number of rotatable bonds is 4. The second kappa shape index (κ2) is 6.08. The third-order valence-corrected chi connectivity index (χ3v) is 4.97. The Kier molecular flexibility index (Phi) is 3.91. The molecule has 2 aliphatic rings. The number of aromatic nitrogens is 4. The number of anilines is 1. The van der Waals surface area contributed by atoms with Crippen molar-refractivity contribution in [2.24, 2.45) is 11.8 Å². The van der Waals surface area contributed by atoms with Crippen molar-refractivity contribution >= 4 is 5.82 Å². The summed E-state index contributed by atoms with van der Waals surface area (Å²) in [4.78, 5) is 12.6. The number of aryl methyl sites for hydroxylation is 2. The van der Waals surface area contributed by atoms with Gasteiger partial charge in [0.2, 0.25) is 11.8 Å². The molecule has 0 aliphatic carbocycles. The van der Waals surface area contributed by atoms with Gasteiger partial charge in [-0.2, -0.15) is 0 Å². The molecule has 2 atom stereocenters. The molecule has 0 radical (unpaired) electrons. The van der Waals surface area contributed by atoms with E-state index in [2.05, 4.69) is 30.0 Å². The van der Waals surface area contributed by atoms with Gasteiger partial charge < -0.3 is 9.32 Å². The highest BCUT2D eigenvalue weighted by molar-refractivity contribution is 5.43. The fourth-order valence-electron chi connectivity index (χ4n) is 3.85. The molecule has 0 N–H and O–H groups in total. The molecule has 0 saturated carbocycles. The van der Waals surface area contributed by atoms with E-state index < -0.39 is 0 Å². The molecule has 0 amide bonds. The van der Waals surface area contributed by atoms with Crippen LogP contribution in [-0.2, 0) is 13.0 Å². The van der Waals surface area contributed by atoms with Crippen LogP contribution in [0.2, 0.25) is 0 Å². The molecule has 4 heterocycles. The first kappa shape index (κ1) is 15.4. The van der Waals surface area contributed by atoms with Crippen LogP contribution in [0.1, 0.15) is 24.4 Å². The number of nitrogens with zero attached hydrogens (tertiary/aromatic N) is 6. The van der Waals surface area contributed by atoms with Gasteiger partial charge >= 0.3 is 0 Å². The van der Waals surface area contributed by atoms with Gasteiger partial charge in [0.05, 0.1) is 12.2 Å². The minimum absolute atomic E-state index is 0.266. The zero-order valence-electron chi connectivity index (χ0n) is 13.9. The highest BCUT2D eigenvalue weighted by Gasteiger charge is 2.41. The number of likely N-dealkylation sites (tertiary alicyclic amines) is 1. The van der Waals surface area contributed by atoms with E-state index in [-0.39, 0.29) is 5.82 Å². The summed E-state index contributed by atoms with van der Waals surface area (Å²) in [5.74, 6) is 2.50. The molecule has 4 rings (SSSR count). The van der Waals surface area contributed by atoms with Gasteiger partial charge in [-0.3, -0.25) is 4.90 Å². The Morgan fingerprint density at radius 3 is 2.54 bits per heavy atom. The topological polar surface area (TPSA) is 71.2 Å². The zero-order valence-corrected chi connectivity index (χ0v) is 13.9. The lowest BCUT2D eigenvalue weighted by Gasteiger charge is -2.22. The van der Waals surface area contributed by atoms with Crippen LogP contribution in [-0.4, -0.2) is 51.2 Å². The molecule has 128 valence electrons. The number of hydrogen-bond acceptors (Lipinski definition) is 7. The first-order valence-electron chi connectivity index (χ1n) is 8.39. The standard InChI is InChI=1S/C16H21FN6O/c1-3-13-15(17)16(19-9-18-13)23-6-11-4-22(5-12(11)7-23)8-14-21-20-10(2)24-14/h9,11-12H,3-8H2,1-2H3. The molecule has 2 unspecified atom stereocenters. The molecule has 0 aromatic carbocycles. The third kappa shape index (κ3) is 2.75. The van der Waals surface area contributed by atoms with Crippen molar-refractivity contribution in [3.05, 3.63) is 29.6 Å². The van der Waals surface area contributed by atoms with E-state index in [1.165, 1.54) is 6.33 Å². The van der Waals surface area contributed by atoms with Gasteiger partial charge in [0.25, 0.3) is 0 Å². The maximum Gasteiger partial charge on any atom is 0.230 e. The van der Waals surface area contributed by atoms with Crippen LogP contribution in [0.5, 0.6) is 0 Å². The Bertz CT molecular complexity index is 721. The van der Waals surface area contributed by atoms with Gasteiger partial charge in [0.15, 0.2) is 11.6 Å². The van der Waals surface area contributed by atoms with Crippen LogP contribution < -0.4 is 4.90 Å². The maximum atomic E-state index is 14.5. The van der Waals surface area contributed by atoms with Crippen LogP contribution in [0.3, 0.4) is 0 Å². The van der Waals surface area contributed by atoms with E-state index in [0.29, 0.717) is 48.1 Å². The molecule has 24 heavy (non-hydrogen) atoms. The second-order valence-corrected chi connectivity index (χ2v) is 6.65. The zero-order chi connectivity index (χ0) is 16.7. The third-order valence-electron chi connectivity index (χ3n) is 4.97. The largest absolute Gasteiger partial charge is 0.424 e. The first-order valence-corrected chi connectivity index (χ1v) is 8.39. The van der Waals surface area contributed by atoms with E-state index in [9.17, 15) is 4.39 Å². The van der Waals surface area contributed by atoms with Crippen molar-refractivity contribution in [2.75, 3.05) is 31.1 Å². The van der Waals surface area contributed by atoms with Crippen LogP contribution in [0, 0.1) is 24.6 Å². The smallest absolute Gasteiger partial charge is 0.230 e. The van der Waals surface area contributed by atoms with Crippen LogP contribution in [0.15, 0.2) is 10.7 Å². The lowest BCUT2D eigenvalue weighted by molar-refractivity contribution is 0.271. The summed E-state index contributed by atoms with van der Waals surface area (Å²) in [5, 5.41) is 7.93. The molecule has 2 aliphatic heterocycles. The van der Waals surface area contributed by atoms with Crippen molar-refractivity contribution in [2.45, 2.75) is 26.8 Å². The second-order valence-electron chi connectivity index (χ2n) is 6.65. The normalized spacial score (nSPS) is 23.9. The van der Waals surface area contributed by atoms with E-state index in [1.807, 2.05) is 6.92 Å². The SMILES string of the molecule is CCc1ncnc(N2CC3CN(Cc4nnc(C)o4)CC3C2)c1F. The summed E-state index contributed by atoms with van der Waals surface area (Å²) >= 11 is 0. The lowest BCUT2D eigenvalue weighted by atomic mass is 10.0.